The van der Waals surface area contributed by atoms with Crippen LogP contribution in [0, 0.1) is 6.92 Å². The van der Waals surface area contributed by atoms with E-state index in [1.54, 1.807) is 7.11 Å². The lowest BCUT2D eigenvalue weighted by Gasteiger charge is -2.17. The summed E-state index contributed by atoms with van der Waals surface area (Å²) in [6.07, 6.45) is 6.83. The Morgan fingerprint density at radius 3 is 2.76 bits per heavy atom. The molecule has 6 heteroatoms. The second kappa shape index (κ2) is 10.7. The summed E-state index contributed by atoms with van der Waals surface area (Å²) in [4.78, 5) is 9.21. The van der Waals surface area contributed by atoms with Crippen LogP contribution in [-0.4, -0.2) is 30.7 Å². The number of guanidine groups is 1. The first-order valence-corrected chi connectivity index (χ1v) is 10.5. The van der Waals surface area contributed by atoms with Crippen molar-refractivity contribution in [2.24, 2.45) is 4.99 Å². The number of pyridine rings is 1. The lowest BCUT2D eigenvalue weighted by molar-refractivity contribution is 0.207. The highest BCUT2D eigenvalue weighted by molar-refractivity contribution is 5.79. The fraction of sp³-hybridized carbons (Fsp3) is 0.478. The van der Waals surface area contributed by atoms with E-state index in [0.29, 0.717) is 19.2 Å². The van der Waals surface area contributed by atoms with Gasteiger partial charge in [0.15, 0.2) is 5.96 Å². The minimum atomic E-state index is 0.295. The molecule has 1 heterocycles. The lowest BCUT2D eigenvalue weighted by Crippen LogP contribution is -2.37. The summed E-state index contributed by atoms with van der Waals surface area (Å²) in [6.45, 7) is 6.08. The largest absolute Gasteiger partial charge is 0.497 e. The van der Waals surface area contributed by atoms with E-state index >= 15 is 0 Å². The number of aromatic nitrogens is 1. The Labute approximate surface area is 173 Å². The van der Waals surface area contributed by atoms with Crippen LogP contribution < -0.4 is 20.1 Å². The normalized spacial score (nSPS) is 14.7. The lowest BCUT2D eigenvalue weighted by atomic mass is 10.2. The van der Waals surface area contributed by atoms with Crippen molar-refractivity contribution in [3.05, 3.63) is 53.3 Å². The van der Waals surface area contributed by atoms with Gasteiger partial charge in [0.2, 0.25) is 0 Å². The molecule has 0 unspecified atom stereocenters. The third-order valence-corrected chi connectivity index (χ3v) is 5.16. The van der Waals surface area contributed by atoms with Crippen molar-refractivity contribution in [2.45, 2.75) is 58.7 Å². The number of aliphatic imine (C=N–C) groups is 1. The number of methoxy groups -OCH3 is 1. The van der Waals surface area contributed by atoms with Gasteiger partial charge in [0, 0.05) is 24.4 Å². The van der Waals surface area contributed by atoms with Crippen LogP contribution in [0.5, 0.6) is 11.5 Å². The number of hydrogen-bond donors (Lipinski definition) is 2. The Morgan fingerprint density at radius 1 is 1.21 bits per heavy atom. The maximum absolute atomic E-state index is 6.29. The molecule has 1 saturated carbocycles. The third-order valence-electron chi connectivity index (χ3n) is 5.16. The molecule has 0 bridgehead atoms. The molecule has 0 radical (unpaired) electrons. The molecule has 1 aromatic carbocycles. The highest BCUT2D eigenvalue weighted by atomic mass is 16.5. The van der Waals surface area contributed by atoms with Crippen molar-refractivity contribution in [3.63, 3.8) is 0 Å². The van der Waals surface area contributed by atoms with Crippen LogP contribution in [0.2, 0.25) is 0 Å². The van der Waals surface area contributed by atoms with E-state index in [-0.39, 0.29) is 0 Å². The zero-order valence-electron chi connectivity index (χ0n) is 17.7. The smallest absolute Gasteiger partial charge is 0.191 e. The van der Waals surface area contributed by atoms with Gasteiger partial charge in [0.25, 0.3) is 0 Å². The Bertz CT molecular complexity index is 816. The molecule has 1 aromatic heterocycles. The van der Waals surface area contributed by atoms with Gasteiger partial charge in [0.05, 0.1) is 32.0 Å². The molecule has 2 N–H and O–H groups in total. The number of rotatable bonds is 8. The second-order valence-electron chi connectivity index (χ2n) is 7.31. The van der Waals surface area contributed by atoms with Gasteiger partial charge in [-0.3, -0.25) is 4.98 Å². The Kier molecular flexibility index (Phi) is 7.73. The molecule has 0 saturated heterocycles. The van der Waals surface area contributed by atoms with E-state index in [1.807, 2.05) is 30.5 Å². The summed E-state index contributed by atoms with van der Waals surface area (Å²) >= 11 is 0. The van der Waals surface area contributed by atoms with Gasteiger partial charge in [-0.1, -0.05) is 6.07 Å². The van der Waals surface area contributed by atoms with Crippen molar-refractivity contribution < 1.29 is 9.47 Å². The highest BCUT2D eigenvalue weighted by Crippen LogP contribution is 2.30. The molecule has 6 nitrogen and oxygen atoms in total. The molecule has 1 aliphatic carbocycles. The second-order valence-corrected chi connectivity index (χ2v) is 7.31. The predicted molar refractivity (Wildman–Crippen MR) is 117 cm³/mol. The number of nitrogens with zero attached hydrogens (tertiary/aromatic N) is 2. The van der Waals surface area contributed by atoms with Crippen LogP contribution in [0.3, 0.4) is 0 Å². The number of nitrogens with one attached hydrogen (secondary N) is 2. The zero-order chi connectivity index (χ0) is 20.5. The van der Waals surface area contributed by atoms with E-state index in [4.69, 9.17) is 14.5 Å². The van der Waals surface area contributed by atoms with Crippen LogP contribution in [0.15, 0.2) is 41.5 Å². The monoisotopic (exact) mass is 396 g/mol. The van der Waals surface area contributed by atoms with Gasteiger partial charge in [-0.05, 0) is 63.3 Å². The van der Waals surface area contributed by atoms with Crippen molar-refractivity contribution in [3.8, 4) is 11.5 Å². The van der Waals surface area contributed by atoms with Gasteiger partial charge in [0.1, 0.15) is 11.5 Å². The molecule has 0 spiro atoms. The molecule has 2 aromatic rings. The van der Waals surface area contributed by atoms with E-state index < -0.39 is 0 Å². The molecule has 3 rings (SSSR count). The molecule has 1 aliphatic rings. The van der Waals surface area contributed by atoms with E-state index in [2.05, 4.69) is 35.5 Å². The van der Waals surface area contributed by atoms with Gasteiger partial charge in [-0.25, -0.2) is 4.99 Å². The molecule has 0 atom stereocenters. The number of aryl methyl sites for hydroxylation is 1. The topological polar surface area (TPSA) is 67.8 Å². The molecule has 156 valence electrons. The third kappa shape index (κ3) is 6.11. The summed E-state index contributed by atoms with van der Waals surface area (Å²) in [6, 6.07) is 10.00. The average molecular weight is 397 g/mol. The summed E-state index contributed by atoms with van der Waals surface area (Å²) < 4.78 is 11.7. The van der Waals surface area contributed by atoms with Crippen molar-refractivity contribution in [1.29, 1.82) is 0 Å². The molecule has 29 heavy (non-hydrogen) atoms. The van der Waals surface area contributed by atoms with Crippen molar-refractivity contribution in [2.75, 3.05) is 13.7 Å². The molecular formula is C23H32N4O2. The Balaban J connectivity index is 1.71. The number of hydrogen-bond acceptors (Lipinski definition) is 4. The maximum Gasteiger partial charge on any atom is 0.191 e. The van der Waals surface area contributed by atoms with Gasteiger partial charge in [-0.2, -0.15) is 0 Å². The maximum atomic E-state index is 6.29. The number of ether oxygens (including phenoxy) is 2. The quantitative estimate of drug-likeness (QED) is 0.522. The van der Waals surface area contributed by atoms with Crippen LogP contribution in [0.1, 0.15) is 49.4 Å². The van der Waals surface area contributed by atoms with Crippen LogP contribution in [0.25, 0.3) is 0 Å². The van der Waals surface area contributed by atoms with Gasteiger partial charge >= 0.3 is 0 Å². The fourth-order valence-electron chi connectivity index (χ4n) is 3.46. The summed E-state index contributed by atoms with van der Waals surface area (Å²) in [7, 11) is 1.68. The summed E-state index contributed by atoms with van der Waals surface area (Å²) in [5.74, 6) is 2.44. The molecular weight excluding hydrogens is 364 g/mol. The van der Waals surface area contributed by atoms with Crippen LogP contribution >= 0.6 is 0 Å². The Morgan fingerprint density at radius 2 is 2.03 bits per heavy atom. The zero-order valence-corrected chi connectivity index (χ0v) is 17.7. The van der Waals surface area contributed by atoms with Gasteiger partial charge in [-0.15, -0.1) is 0 Å². The average Bonchev–Trinajstić information content (AvgIpc) is 3.25. The van der Waals surface area contributed by atoms with E-state index in [9.17, 15) is 0 Å². The Hall–Kier alpha value is -2.76. The van der Waals surface area contributed by atoms with Crippen LogP contribution in [0.4, 0.5) is 0 Å². The molecule has 1 fully saturated rings. The minimum Gasteiger partial charge on any atom is -0.497 e. The first-order chi connectivity index (χ1) is 14.2. The summed E-state index contributed by atoms with van der Waals surface area (Å²) in [5, 5.41) is 6.68. The van der Waals surface area contributed by atoms with Crippen LogP contribution in [-0.2, 0) is 13.1 Å². The summed E-state index contributed by atoms with van der Waals surface area (Å²) in [5.41, 5.74) is 3.25. The van der Waals surface area contributed by atoms with E-state index in [1.165, 1.54) is 18.4 Å². The standard InChI is InChI=1S/C23H32N4O2/c1-4-24-23(27-16-21-17(2)8-7-13-25-21)26-15-18-11-12-20(28-3)14-22(18)29-19-9-5-6-10-19/h7-8,11-14,19H,4-6,9-10,15-16H2,1-3H3,(H2,24,26,27). The van der Waals surface area contributed by atoms with E-state index in [0.717, 1.165) is 48.1 Å². The first-order valence-electron chi connectivity index (χ1n) is 10.5. The fourth-order valence-corrected chi connectivity index (χ4v) is 3.46. The number of benzene rings is 1. The highest BCUT2D eigenvalue weighted by Gasteiger charge is 2.18. The predicted octanol–water partition coefficient (Wildman–Crippen LogP) is 3.98. The first kappa shape index (κ1) is 21.0. The van der Waals surface area contributed by atoms with Gasteiger partial charge < -0.3 is 20.1 Å². The van der Waals surface area contributed by atoms with Crippen molar-refractivity contribution >= 4 is 5.96 Å². The van der Waals surface area contributed by atoms with Crippen molar-refractivity contribution in [1.82, 2.24) is 15.6 Å². The molecule has 0 aliphatic heterocycles. The molecule has 0 amide bonds. The minimum absolute atomic E-state index is 0.295. The SMILES string of the molecule is CCNC(=NCc1ccc(OC)cc1OC1CCCC1)NCc1ncccc1C.